The van der Waals surface area contributed by atoms with E-state index in [1.165, 1.54) is 52.9 Å². The highest BCUT2D eigenvalue weighted by molar-refractivity contribution is 5.76. The first kappa shape index (κ1) is 29.1. The van der Waals surface area contributed by atoms with Crippen molar-refractivity contribution in [3.05, 3.63) is 12.2 Å². The van der Waals surface area contributed by atoms with Crippen LogP contribution in [0.15, 0.2) is 12.2 Å². The summed E-state index contributed by atoms with van der Waals surface area (Å²) in [5, 5.41) is 30.7. The number of quaternary nitrogens is 1. The average Bonchev–Trinajstić information content (AvgIpc) is 2.72. The minimum atomic E-state index is -1.42. The number of carboxylic acid groups (broad SMARTS) is 3. The van der Waals surface area contributed by atoms with Crippen LogP contribution in [0.25, 0.3) is 0 Å². The Morgan fingerprint density at radius 1 is 0.742 bits per heavy atom. The Hall–Kier alpha value is -1.89. The van der Waals surface area contributed by atoms with Crippen LogP contribution in [0.1, 0.15) is 98.3 Å². The molecule has 0 aliphatic carbocycles. The van der Waals surface area contributed by atoms with Gasteiger partial charge in [-0.15, -0.1) is 0 Å². The molecule has 0 saturated carbocycles. The molecule has 0 amide bonds. The molecule has 0 saturated heterocycles. The number of carbonyl (C=O) groups is 3. The first-order chi connectivity index (χ1) is 14.6. The maximum absolute atomic E-state index is 11.7. The smallest absolute Gasteiger partial charge is 0.362 e. The maximum Gasteiger partial charge on any atom is 0.362 e. The van der Waals surface area contributed by atoms with Crippen molar-refractivity contribution >= 4 is 17.9 Å². The summed E-state index contributed by atoms with van der Waals surface area (Å²) >= 11 is 0. The Balaban J connectivity index is 4.57. The van der Waals surface area contributed by atoms with E-state index in [1.54, 1.807) is 0 Å². The van der Waals surface area contributed by atoms with E-state index in [0.717, 1.165) is 32.1 Å². The van der Waals surface area contributed by atoms with E-state index < -0.39 is 40.5 Å². The Morgan fingerprint density at radius 3 is 1.48 bits per heavy atom. The summed E-state index contributed by atoms with van der Waals surface area (Å²) in [7, 11) is 0. The van der Waals surface area contributed by atoms with Crippen LogP contribution in [0.5, 0.6) is 0 Å². The number of rotatable bonds is 19. The second-order valence-corrected chi connectivity index (χ2v) is 8.64. The highest BCUT2D eigenvalue weighted by Gasteiger charge is 2.50. The zero-order chi connectivity index (χ0) is 23.9. The molecule has 0 heterocycles. The zero-order valence-electron chi connectivity index (χ0n) is 19.8. The van der Waals surface area contributed by atoms with Gasteiger partial charge in [-0.1, -0.05) is 57.1 Å². The molecule has 0 bridgehead atoms. The van der Waals surface area contributed by atoms with Gasteiger partial charge >= 0.3 is 11.9 Å². The van der Waals surface area contributed by atoms with Gasteiger partial charge in [0.25, 0.3) is 0 Å². The molecule has 0 aromatic carbocycles. The molecule has 2 N–H and O–H groups in total. The molecule has 0 fully saturated rings. The second kappa shape index (κ2) is 15.8. The van der Waals surface area contributed by atoms with Crippen molar-refractivity contribution in [3.63, 3.8) is 0 Å². The van der Waals surface area contributed by atoms with Crippen LogP contribution in [-0.4, -0.2) is 57.3 Å². The number of carbonyl (C=O) groups excluding carboxylic acids is 1. The number of aliphatic carboxylic acids is 3. The predicted octanol–water partition coefficient (Wildman–Crippen LogP) is 3.76. The summed E-state index contributed by atoms with van der Waals surface area (Å²) in [5.74, 6) is -3.83. The Kier molecular flexibility index (Phi) is 14.9. The van der Waals surface area contributed by atoms with E-state index in [1.807, 2.05) is 6.92 Å². The first-order valence-corrected chi connectivity index (χ1v) is 11.8. The van der Waals surface area contributed by atoms with Crippen molar-refractivity contribution in [2.24, 2.45) is 0 Å². The molecule has 0 aliphatic heterocycles. The summed E-state index contributed by atoms with van der Waals surface area (Å²) in [5.41, 5.74) is 0. The molecule has 0 rings (SSSR count). The fraction of sp³-hybridized carbons (Fsp3) is 0.792. The number of carboxylic acids is 3. The van der Waals surface area contributed by atoms with Gasteiger partial charge in [-0.3, -0.25) is 4.48 Å². The van der Waals surface area contributed by atoms with Crippen LogP contribution in [-0.2, 0) is 14.4 Å². The quantitative estimate of drug-likeness (QED) is 0.179. The molecular weight excluding hydrogens is 398 g/mol. The number of allylic oxidation sites excluding steroid dienone is 2. The molecule has 31 heavy (non-hydrogen) atoms. The molecule has 0 aliphatic rings. The fourth-order valence-corrected chi connectivity index (χ4v) is 4.42. The van der Waals surface area contributed by atoms with Crippen LogP contribution in [0.3, 0.4) is 0 Å². The third-order valence-electron chi connectivity index (χ3n) is 6.62. The van der Waals surface area contributed by atoms with Crippen molar-refractivity contribution in [1.82, 2.24) is 0 Å². The molecule has 0 aromatic rings. The molecule has 3 atom stereocenters. The van der Waals surface area contributed by atoms with Gasteiger partial charge in [-0.2, -0.15) is 0 Å². The van der Waals surface area contributed by atoms with E-state index in [-0.39, 0.29) is 6.54 Å². The van der Waals surface area contributed by atoms with E-state index in [0.29, 0.717) is 6.42 Å². The number of nitrogens with zero attached hydrogens (tertiary/aromatic N) is 1. The highest BCUT2D eigenvalue weighted by atomic mass is 16.4. The lowest BCUT2D eigenvalue weighted by Crippen LogP contribution is -2.72. The molecule has 7 heteroatoms. The Labute approximate surface area is 187 Å². The van der Waals surface area contributed by atoms with Crippen molar-refractivity contribution in [1.29, 1.82) is 0 Å². The topological polar surface area (TPSA) is 115 Å². The van der Waals surface area contributed by atoms with E-state index in [9.17, 15) is 29.7 Å². The maximum atomic E-state index is 11.7. The third-order valence-corrected chi connectivity index (χ3v) is 6.62. The summed E-state index contributed by atoms with van der Waals surface area (Å²) in [6.07, 6.45) is 16.3. The highest BCUT2D eigenvalue weighted by Crippen LogP contribution is 2.27. The predicted molar refractivity (Wildman–Crippen MR) is 119 cm³/mol. The van der Waals surface area contributed by atoms with Crippen molar-refractivity contribution in [2.75, 3.05) is 6.54 Å². The normalized spacial score (nSPS) is 16.5. The molecular formula is C24H43NO6. The van der Waals surface area contributed by atoms with Crippen LogP contribution < -0.4 is 5.11 Å². The van der Waals surface area contributed by atoms with E-state index >= 15 is 0 Å². The minimum Gasteiger partial charge on any atom is -0.544 e. The van der Waals surface area contributed by atoms with Gasteiger partial charge in [-0.25, -0.2) is 9.59 Å². The Morgan fingerprint density at radius 2 is 1.13 bits per heavy atom. The van der Waals surface area contributed by atoms with Gasteiger partial charge in [-0.05, 0) is 53.4 Å². The van der Waals surface area contributed by atoms with Gasteiger partial charge in [0.05, 0.1) is 12.5 Å². The van der Waals surface area contributed by atoms with Crippen molar-refractivity contribution < 1.29 is 34.2 Å². The van der Waals surface area contributed by atoms with Crippen LogP contribution in [0, 0.1) is 0 Å². The van der Waals surface area contributed by atoms with E-state index in [4.69, 9.17) is 0 Å². The standard InChI is InChI=1S/C24H43NO6/c1-5-6-7-8-9-10-11-12-13-14-15-16-17-18-25(19(2)22(26)27,20(3)23(28)29)21(4)24(30)31/h5-6,19-21H,7-18H2,1-4H3,(H2-,26,27,28,29,30,31)/b6-5+. The van der Waals surface area contributed by atoms with Crippen LogP contribution in [0.4, 0.5) is 0 Å². The monoisotopic (exact) mass is 441 g/mol. The molecule has 0 radical (unpaired) electrons. The molecule has 0 aromatic heterocycles. The summed E-state index contributed by atoms with van der Waals surface area (Å²) in [6.45, 7) is 6.36. The summed E-state index contributed by atoms with van der Waals surface area (Å²) in [4.78, 5) is 35.0. The van der Waals surface area contributed by atoms with Crippen LogP contribution in [0.2, 0.25) is 0 Å². The van der Waals surface area contributed by atoms with Gasteiger partial charge in [0.15, 0.2) is 12.1 Å². The lowest BCUT2D eigenvalue weighted by molar-refractivity contribution is -0.969. The largest absolute Gasteiger partial charge is 0.544 e. The van der Waals surface area contributed by atoms with Crippen molar-refractivity contribution in [2.45, 2.75) is 116 Å². The van der Waals surface area contributed by atoms with Gasteiger partial charge in [0.1, 0.15) is 6.04 Å². The lowest BCUT2D eigenvalue weighted by atomic mass is 10.00. The van der Waals surface area contributed by atoms with Gasteiger partial charge in [0, 0.05) is 0 Å². The molecule has 180 valence electrons. The molecule has 3 unspecified atom stereocenters. The fourth-order valence-electron chi connectivity index (χ4n) is 4.42. The summed E-state index contributed by atoms with van der Waals surface area (Å²) < 4.78 is -0.541. The van der Waals surface area contributed by atoms with E-state index in [2.05, 4.69) is 12.2 Å². The number of unbranched alkanes of at least 4 members (excludes halogenated alkanes) is 10. The molecule has 0 spiro atoms. The summed E-state index contributed by atoms with van der Waals surface area (Å²) in [6, 6.07) is -3.55. The number of hydrogen-bond donors (Lipinski definition) is 2. The third kappa shape index (κ3) is 9.85. The first-order valence-electron chi connectivity index (χ1n) is 11.8. The SMILES string of the molecule is C/C=C/CCCCCCCCCCCC[N+](C(C)C(=O)[O-])(C(C)C(=O)O)C(C)C(=O)O. The lowest BCUT2D eigenvalue weighted by Gasteiger charge is -2.49. The minimum absolute atomic E-state index is 0.183. The van der Waals surface area contributed by atoms with Crippen molar-refractivity contribution in [3.8, 4) is 0 Å². The van der Waals surface area contributed by atoms with Gasteiger partial charge in [0.2, 0.25) is 0 Å². The van der Waals surface area contributed by atoms with Gasteiger partial charge < -0.3 is 20.1 Å². The van der Waals surface area contributed by atoms with Crippen LogP contribution >= 0.6 is 0 Å². The zero-order valence-corrected chi connectivity index (χ0v) is 19.8. The second-order valence-electron chi connectivity index (χ2n) is 8.64. The molecule has 7 nitrogen and oxygen atoms in total. The Bertz CT molecular complexity index is 524. The number of hydrogen-bond acceptors (Lipinski definition) is 4. The average molecular weight is 442 g/mol.